The molecule has 31 N–H and O–H groups in total. The molecular weight excluding hydrogens is 1800 g/mol. The van der Waals surface area contributed by atoms with E-state index in [1.165, 1.54) is 0 Å². The minimum absolute atomic E-state index is 0.0511. The van der Waals surface area contributed by atoms with E-state index in [9.17, 15) is 177 Å². The molecule has 1 unspecified atom stereocenters. The molecule has 0 amide bonds. The van der Waals surface area contributed by atoms with E-state index in [2.05, 4.69) is 0 Å². The highest BCUT2D eigenvalue weighted by Gasteiger charge is 2.60. The van der Waals surface area contributed by atoms with Crippen LogP contribution in [0.2, 0.25) is 0 Å². The Balaban J connectivity index is 1.00. The predicted octanol–water partition coefficient (Wildman–Crippen LogP) is 3.09. The Hall–Kier alpha value is -19.1. The number of esters is 10. The number of aromatic hydroxyl groups is 30. The molecule has 0 fully saturated rings. The Morgan fingerprint density at radius 3 is 0.782 bits per heavy atom. The molecule has 10 aromatic carbocycles. The van der Waals surface area contributed by atoms with Crippen molar-refractivity contribution in [3.63, 3.8) is 0 Å². The SMILES string of the molecule is O=C(O[C@H]1COC(=O)c2c(c(O)c(O)c(O)c2[C@H]2c3c(O)c(O)c(O)c4c3C(=O)O[C@H]2C([C@@H]2OC(=O)c3cc(O)c(O)c(O)c3-c3c(cc(O)c(O)c3O)C(=O)OC[C@@H]2OC(=O)c2cc(O)c(O)c(O)c2)OC(=O)c2cc(O)c(O)c(O)c2-4)-c2c(cc(O)c(O)c2O)C(=O)O[C@H]1[C@@H]1OC(=O)c2cc(O)c(O)c(O)c2-c2c(O)c(O)c(O)c3c2C(=O)O[C@@H]1[C@@H]3O)c1cc(O)c(O)c(O)c1. The molecule has 7 aliphatic heterocycles. The summed E-state index contributed by atoms with van der Waals surface area (Å²) in [6.07, 6.45) is -30.0. The molecule has 10 atom stereocenters. The second-order valence-corrected chi connectivity index (χ2v) is 29.7. The normalized spacial score (nSPS) is 20.1. The Bertz CT molecular complexity index is 6990. The van der Waals surface area contributed by atoms with E-state index in [4.69, 9.17) is 47.4 Å². The lowest BCUT2D eigenvalue weighted by Gasteiger charge is -2.43. The first-order valence-electron chi connectivity index (χ1n) is 37.1. The molecule has 0 saturated heterocycles. The van der Waals surface area contributed by atoms with Crippen LogP contribution in [-0.4, -0.2) is 280 Å². The first-order valence-corrected chi connectivity index (χ1v) is 37.1. The molecule has 17 rings (SSSR count). The number of aliphatic hydroxyl groups is 1. The second kappa shape index (κ2) is 30.6. The standard InChI is InChI=1S/C82H54O51/c83-19-1-12(2-20(84)45(19)92)73(114)126-28-10-124-75(116)14-5-23(87)47(94)52(99)30(14)31-15(6-24(88)48(95)53(31)100)76(117)128-67(28)71-69-40(39-42(81(122)130-69)36(58(105)65(112)61(39)108)33-17(78(119)132-71)8-26(90)50(97)55(33)102)38-41-35(57(104)64(111)60(38)107)32-16(7-25(89)49(96)54(32)101)77(118)129-68(29(11-125-80(41)121)127-74(115)13-3-21(85)46(93)22(86)4-13)72-70-63(110)44-43(82(123)131-70)37(59(106)66(113)62(44)109)34-18(79(120)133-72)9-27(91)51(98)56(34)103/h1-9,28-29,40,63,67-72,83-113H,10-11H2/t28-,29-,40-,63+,67+,68+,69+,70+,71?,72-/m0/s1. The van der Waals surface area contributed by atoms with Crippen LogP contribution in [0.5, 0.6) is 172 Å². The van der Waals surface area contributed by atoms with Crippen LogP contribution in [-0.2, 0) is 47.4 Å². The van der Waals surface area contributed by atoms with Crippen LogP contribution in [0.3, 0.4) is 0 Å². The smallest absolute Gasteiger partial charge is 0.339 e. The highest BCUT2D eigenvalue weighted by molar-refractivity contribution is 6.15. The van der Waals surface area contributed by atoms with Gasteiger partial charge in [0.05, 0.1) is 61.6 Å². The van der Waals surface area contributed by atoms with Gasteiger partial charge in [0, 0.05) is 61.2 Å². The zero-order valence-electron chi connectivity index (χ0n) is 64.9. The molecule has 51 heteroatoms. The van der Waals surface area contributed by atoms with Crippen molar-refractivity contribution < 1.29 is 254 Å². The number of carbonyl (C=O) groups excluding carboxylic acids is 10. The molecule has 0 radical (unpaired) electrons. The molecule has 688 valence electrons. The molecule has 0 aliphatic carbocycles. The van der Waals surface area contributed by atoms with Crippen LogP contribution >= 0.6 is 0 Å². The summed E-state index contributed by atoms with van der Waals surface area (Å²) < 4.78 is 58.1. The van der Waals surface area contributed by atoms with Crippen molar-refractivity contribution in [1.82, 2.24) is 0 Å². The van der Waals surface area contributed by atoms with Crippen LogP contribution < -0.4 is 0 Å². The summed E-state index contributed by atoms with van der Waals surface area (Å²) in [5.41, 5.74) is -33.5. The number of phenols is 30. The third-order valence-corrected chi connectivity index (χ3v) is 22.3. The number of hydrogen-bond donors (Lipinski definition) is 31. The van der Waals surface area contributed by atoms with Crippen molar-refractivity contribution in [2.45, 2.75) is 60.9 Å². The molecule has 0 saturated carbocycles. The lowest BCUT2D eigenvalue weighted by molar-refractivity contribution is -0.154. The number of cyclic esters (lactones) is 5. The molecule has 0 aromatic heterocycles. The topological polar surface area (TPSA) is 890 Å². The summed E-state index contributed by atoms with van der Waals surface area (Å²) in [5.74, 6) is -79.1. The number of rotatable bonds is 7. The van der Waals surface area contributed by atoms with Gasteiger partial charge in [-0.2, -0.15) is 0 Å². The predicted molar refractivity (Wildman–Crippen MR) is 411 cm³/mol. The summed E-state index contributed by atoms with van der Waals surface area (Å²) in [7, 11) is 0. The van der Waals surface area contributed by atoms with E-state index < -0.39 is 423 Å². The van der Waals surface area contributed by atoms with Crippen molar-refractivity contribution >= 4 is 59.7 Å². The van der Waals surface area contributed by atoms with Crippen molar-refractivity contribution in [2.24, 2.45) is 0 Å². The average molecular weight is 1860 g/mol. The van der Waals surface area contributed by atoms with Gasteiger partial charge in [-0.1, -0.05) is 0 Å². The fraction of sp³-hybridized carbons (Fsp3) is 0.146. The van der Waals surface area contributed by atoms with E-state index in [0.717, 1.165) is 0 Å². The van der Waals surface area contributed by atoms with Crippen molar-refractivity contribution in [2.75, 3.05) is 13.2 Å². The third-order valence-electron chi connectivity index (χ3n) is 22.3. The van der Waals surface area contributed by atoms with Crippen molar-refractivity contribution in [3.8, 4) is 217 Å². The second-order valence-electron chi connectivity index (χ2n) is 29.7. The number of hydrogen-bond acceptors (Lipinski definition) is 51. The van der Waals surface area contributed by atoms with Gasteiger partial charge >= 0.3 is 59.7 Å². The quantitative estimate of drug-likeness (QED) is 0.0619. The van der Waals surface area contributed by atoms with Crippen molar-refractivity contribution in [3.05, 3.63) is 127 Å². The molecule has 7 aliphatic rings. The van der Waals surface area contributed by atoms with Gasteiger partial charge in [-0.05, 0) is 54.6 Å². The first-order chi connectivity index (χ1) is 62.5. The minimum atomic E-state index is -3.65. The highest BCUT2D eigenvalue weighted by atomic mass is 16.7. The summed E-state index contributed by atoms with van der Waals surface area (Å²) in [6.45, 7) is -4.21. The van der Waals surface area contributed by atoms with Gasteiger partial charge in [0.25, 0.3) is 0 Å². The van der Waals surface area contributed by atoms with Crippen molar-refractivity contribution in [1.29, 1.82) is 0 Å². The first kappa shape index (κ1) is 87.3. The van der Waals surface area contributed by atoms with E-state index in [1.807, 2.05) is 0 Å². The van der Waals surface area contributed by atoms with Gasteiger partial charge in [-0.15, -0.1) is 0 Å². The largest absolute Gasteiger partial charge is 0.504 e. The third kappa shape index (κ3) is 13.0. The minimum Gasteiger partial charge on any atom is -0.504 e. The molecule has 51 nitrogen and oxygen atoms in total. The van der Waals surface area contributed by atoms with Gasteiger partial charge in [-0.25, -0.2) is 47.9 Å². The van der Waals surface area contributed by atoms with E-state index in [1.54, 1.807) is 0 Å². The molecule has 7 heterocycles. The Kier molecular flexibility index (Phi) is 20.1. The number of benzene rings is 10. The Morgan fingerprint density at radius 2 is 0.459 bits per heavy atom. The number of fused-ring (bicyclic) bond motifs is 13. The van der Waals surface area contributed by atoms with E-state index in [-0.39, 0.29) is 42.5 Å². The van der Waals surface area contributed by atoms with E-state index >= 15 is 28.8 Å². The van der Waals surface area contributed by atoms with Gasteiger partial charge < -0.3 is 206 Å². The summed E-state index contributed by atoms with van der Waals surface area (Å²) in [6, 6.07) is 1.68. The molecule has 133 heavy (non-hydrogen) atoms. The maximum absolute atomic E-state index is 16.8. The van der Waals surface area contributed by atoms with E-state index in [0.29, 0.717) is 12.1 Å². The van der Waals surface area contributed by atoms with Crippen LogP contribution in [0.1, 0.15) is 132 Å². The lowest BCUT2D eigenvalue weighted by atomic mass is 9.72. The number of aliphatic hydroxyl groups excluding tert-OH is 1. The van der Waals surface area contributed by atoms with Crippen LogP contribution in [0, 0.1) is 0 Å². The Morgan fingerprint density at radius 1 is 0.226 bits per heavy atom. The fourth-order valence-electron chi connectivity index (χ4n) is 16.2. The van der Waals surface area contributed by atoms with Gasteiger partial charge in [0.15, 0.2) is 175 Å². The fourth-order valence-corrected chi connectivity index (χ4v) is 16.2. The monoisotopic (exact) mass is 1850 g/mol. The molecule has 0 spiro atoms. The van der Waals surface area contributed by atoms with Gasteiger partial charge in [0.1, 0.15) is 19.3 Å². The highest BCUT2D eigenvalue weighted by Crippen LogP contribution is 2.66. The number of ether oxygens (including phenoxy) is 10. The molecule has 10 aromatic rings. The van der Waals surface area contributed by atoms with Gasteiger partial charge in [0.2, 0.25) is 46.0 Å². The number of phenolic OH excluding ortho intramolecular Hbond substituents is 30. The summed E-state index contributed by atoms with van der Waals surface area (Å²) >= 11 is 0. The molecular formula is C82H54O51. The number of carbonyl (C=O) groups is 10. The zero-order valence-corrected chi connectivity index (χ0v) is 64.9. The maximum atomic E-state index is 16.8. The van der Waals surface area contributed by atoms with Gasteiger partial charge in [-0.3, -0.25) is 0 Å². The van der Waals surface area contributed by atoms with Crippen LogP contribution in [0.4, 0.5) is 0 Å². The Labute approximate surface area is 728 Å². The maximum Gasteiger partial charge on any atom is 0.339 e. The average Bonchev–Trinajstić information content (AvgIpc) is 1.12. The van der Waals surface area contributed by atoms with Crippen LogP contribution in [0.25, 0.3) is 44.5 Å². The summed E-state index contributed by atoms with van der Waals surface area (Å²) in [5, 5.41) is 358. The lowest BCUT2D eigenvalue weighted by Crippen LogP contribution is -2.56. The van der Waals surface area contributed by atoms with Crippen LogP contribution in [0.15, 0.2) is 54.6 Å². The molecule has 6 bridgehead atoms. The zero-order chi connectivity index (χ0) is 96.8. The summed E-state index contributed by atoms with van der Waals surface area (Å²) in [4.78, 5) is 156.